The Labute approximate surface area is 122 Å². The average Bonchev–Trinajstić information content (AvgIpc) is 2.52. The lowest BCUT2D eigenvalue weighted by Crippen LogP contribution is -2.41. The lowest BCUT2D eigenvalue weighted by molar-refractivity contribution is 0.226. The third-order valence-electron chi connectivity index (χ3n) is 4.23. The average molecular weight is 274 g/mol. The van der Waals surface area contributed by atoms with Crippen molar-refractivity contribution in [3.63, 3.8) is 0 Å². The van der Waals surface area contributed by atoms with Crippen molar-refractivity contribution in [1.82, 2.24) is 4.90 Å². The van der Waals surface area contributed by atoms with Crippen LogP contribution >= 0.6 is 0 Å². The van der Waals surface area contributed by atoms with E-state index in [4.69, 9.17) is 5.21 Å². The summed E-state index contributed by atoms with van der Waals surface area (Å²) in [5.74, 6) is 0.449. The maximum Gasteiger partial charge on any atom is 0.0627 e. The highest BCUT2D eigenvalue weighted by Crippen LogP contribution is 2.20. The fraction of sp³-hybridized carbons (Fsp3) is 0.588. The highest BCUT2D eigenvalue weighted by molar-refractivity contribution is 5.87. The molecular weight excluding hydrogens is 248 g/mol. The van der Waals surface area contributed by atoms with Crippen LogP contribution in [0.25, 0.3) is 0 Å². The first kappa shape index (κ1) is 15.0. The first-order chi connectivity index (χ1) is 9.83. The molecule has 0 unspecified atom stereocenters. The molecule has 1 heterocycles. The molecule has 1 atom stereocenters. The zero-order chi connectivity index (χ0) is 14.2. The zero-order valence-electron chi connectivity index (χ0n) is 12.5. The molecule has 3 nitrogen and oxygen atoms in total. The zero-order valence-corrected chi connectivity index (χ0v) is 12.5. The van der Waals surface area contributed by atoms with E-state index in [0.717, 1.165) is 44.6 Å². The van der Waals surface area contributed by atoms with E-state index in [2.05, 4.69) is 47.3 Å². The minimum Gasteiger partial charge on any atom is -0.411 e. The highest BCUT2D eigenvalue weighted by atomic mass is 16.4. The third-order valence-corrected chi connectivity index (χ3v) is 4.23. The maximum atomic E-state index is 9.12. The van der Waals surface area contributed by atoms with Crippen molar-refractivity contribution >= 4 is 5.71 Å². The number of hydrogen-bond donors (Lipinski definition) is 1. The molecule has 1 aromatic carbocycles. The Bertz CT molecular complexity index is 416. The number of nitrogens with zero attached hydrogens (tertiary/aromatic N) is 2. The minimum atomic E-state index is 0.449. The SMILES string of the molecule is CCCC[C@H]1CN(CCc2ccccc2)CC/C1=N\O. The number of unbranched alkanes of at least 4 members (excludes halogenated alkanes) is 1. The van der Waals surface area contributed by atoms with Gasteiger partial charge in [0.15, 0.2) is 0 Å². The molecule has 1 aliphatic rings. The van der Waals surface area contributed by atoms with Crippen molar-refractivity contribution in [3.05, 3.63) is 35.9 Å². The Balaban J connectivity index is 1.84. The molecular formula is C17H26N2O. The second kappa shape index (κ2) is 8.05. The van der Waals surface area contributed by atoms with Gasteiger partial charge in [0.2, 0.25) is 0 Å². The van der Waals surface area contributed by atoms with Crippen LogP contribution in [0.3, 0.4) is 0 Å². The smallest absolute Gasteiger partial charge is 0.0627 e. The number of rotatable bonds is 6. The molecule has 0 aromatic heterocycles. The van der Waals surface area contributed by atoms with Gasteiger partial charge in [-0.2, -0.15) is 0 Å². The fourth-order valence-electron chi connectivity index (χ4n) is 2.96. The van der Waals surface area contributed by atoms with E-state index in [-0.39, 0.29) is 0 Å². The molecule has 1 aliphatic heterocycles. The number of hydrogen-bond acceptors (Lipinski definition) is 3. The van der Waals surface area contributed by atoms with Gasteiger partial charge in [-0.05, 0) is 18.4 Å². The molecule has 1 fully saturated rings. The van der Waals surface area contributed by atoms with Crippen LogP contribution in [-0.4, -0.2) is 35.5 Å². The molecule has 1 saturated heterocycles. The number of likely N-dealkylation sites (tertiary alicyclic amines) is 1. The van der Waals surface area contributed by atoms with Gasteiger partial charge in [-0.3, -0.25) is 0 Å². The second-order valence-electron chi connectivity index (χ2n) is 5.72. The van der Waals surface area contributed by atoms with E-state index in [1.54, 1.807) is 0 Å². The summed E-state index contributed by atoms with van der Waals surface area (Å²) >= 11 is 0. The van der Waals surface area contributed by atoms with Crippen molar-refractivity contribution in [2.45, 2.75) is 39.0 Å². The van der Waals surface area contributed by atoms with E-state index in [0.29, 0.717) is 5.92 Å². The Morgan fingerprint density at radius 2 is 2.10 bits per heavy atom. The van der Waals surface area contributed by atoms with E-state index >= 15 is 0 Å². The Morgan fingerprint density at radius 3 is 2.80 bits per heavy atom. The van der Waals surface area contributed by atoms with Gasteiger partial charge in [-0.25, -0.2) is 0 Å². The van der Waals surface area contributed by atoms with Gasteiger partial charge in [0.25, 0.3) is 0 Å². The molecule has 0 aliphatic carbocycles. The van der Waals surface area contributed by atoms with Crippen molar-refractivity contribution in [3.8, 4) is 0 Å². The predicted molar refractivity (Wildman–Crippen MR) is 83.4 cm³/mol. The topological polar surface area (TPSA) is 35.8 Å². The van der Waals surface area contributed by atoms with E-state index in [1.165, 1.54) is 18.4 Å². The van der Waals surface area contributed by atoms with Crippen molar-refractivity contribution in [2.75, 3.05) is 19.6 Å². The van der Waals surface area contributed by atoms with Crippen LogP contribution in [0.15, 0.2) is 35.5 Å². The molecule has 0 amide bonds. The van der Waals surface area contributed by atoms with Crippen LogP contribution in [0.4, 0.5) is 0 Å². The molecule has 2 rings (SSSR count). The standard InChI is InChI=1S/C17H26N2O/c1-2-3-9-16-14-19(13-11-17(16)18-20)12-10-15-7-5-4-6-8-15/h4-8,16,20H,2-3,9-14H2,1H3/b18-17+/t16-/m0/s1. The van der Waals surface area contributed by atoms with Crippen molar-refractivity contribution in [1.29, 1.82) is 0 Å². The first-order valence-corrected chi connectivity index (χ1v) is 7.80. The lowest BCUT2D eigenvalue weighted by Gasteiger charge is -2.33. The monoisotopic (exact) mass is 274 g/mol. The van der Waals surface area contributed by atoms with Gasteiger partial charge >= 0.3 is 0 Å². The van der Waals surface area contributed by atoms with Gasteiger partial charge in [-0.15, -0.1) is 0 Å². The number of oxime groups is 1. The maximum absolute atomic E-state index is 9.12. The van der Waals surface area contributed by atoms with E-state index in [1.807, 2.05) is 0 Å². The van der Waals surface area contributed by atoms with Crippen LogP contribution in [0.5, 0.6) is 0 Å². The van der Waals surface area contributed by atoms with Gasteiger partial charge < -0.3 is 10.1 Å². The van der Waals surface area contributed by atoms with Crippen LogP contribution in [-0.2, 0) is 6.42 Å². The summed E-state index contributed by atoms with van der Waals surface area (Å²) in [4.78, 5) is 2.52. The Hall–Kier alpha value is -1.35. The van der Waals surface area contributed by atoms with Crippen molar-refractivity contribution < 1.29 is 5.21 Å². The molecule has 110 valence electrons. The van der Waals surface area contributed by atoms with Gasteiger partial charge in [0, 0.05) is 32.0 Å². The summed E-state index contributed by atoms with van der Waals surface area (Å²) in [6.07, 6.45) is 5.60. The summed E-state index contributed by atoms with van der Waals surface area (Å²) in [6, 6.07) is 10.7. The summed E-state index contributed by atoms with van der Waals surface area (Å²) in [6.45, 7) is 5.39. The van der Waals surface area contributed by atoms with Crippen LogP contribution in [0.2, 0.25) is 0 Å². The largest absolute Gasteiger partial charge is 0.411 e. The molecule has 0 radical (unpaired) electrons. The summed E-state index contributed by atoms with van der Waals surface area (Å²) < 4.78 is 0. The third kappa shape index (κ3) is 4.34. The first-order valence-electron chi connectivity index (χ1n) is 7.80. The molecule has 1 aromatic rings. The summed E-state index contributed by atoms with van der Waals surface area (Å²) in [7, 11) is 0. The van der Waals surface area contributed by atoms with Crippen LogP contribution in [0, 0.1) is 5.92 Å². The predicted octanol–water partition coefficient (Wildman–Crippen LogP) is 3.57. The summed E-state index contributed by atoms with van der Waals surface area (Å²) in [5, 5.41) is 12.6. The molecule has 0 bridgehead atoms. The van der Waals surface area contributed by atoms with Gasteiger partial charge in [0.05, 0.1) is 5.71 Å². The number of benzene rings is 1. The molecule has 3 heteroatoms. The molecule has 0 spiro atoms. The Morgan fingerprint density at radius 1 is 1.30 bits per heavy atom. The lowest BCUT2D eigenvalue weighted by atomic mass is 9.90. The highest BCUT2D eigenvalue weighted by Gasteiger charge is 2.25. The van der Waals surface area contributed by atoms with Crippen LogP contribution in [0.1, 0.15) is 38.2 Å². The normalized spacial score (nSPS) is 22.2. The Kier molecular flexibility index (Phi) is 6.06. The molecule has 0 saturated carbocycles. The molecule has 1 N–H and O–H groups in total. The quantitative estimate of drug-likeness (QED) is 0.636. The van der Waals surface area contributed by atoms with Gasteiger partial charge in [-0.1, -0.05) is 55.3 Å². The van der Waals surface area contributed by atoms with Crippen molar-refractivity contribution in [2.24, 2.45) is 11.1 Å². The minimum absolute atomic E-state index is 0.449. The van der Waals surface area contributed by atoms with E-state index in [9.17, 15) is 0 Å². The van der Waals surface area contributed by atoms with E-state index < -0.39 is 0 Å². The fourth-order valence-corrected chi connectivity index (χ4v) is 2.96. The number of piperidine rings is 1. The van der Waals surface area contributed by atoms with Gasteiger partial charge in [0.1, 0.15) is 0 Å². The second-order valence-corrected chi connectivity index (χ2v) is 5.72. The summed E-state index contributed by atoms with van der Waals surface area (Å²) in [5.41, 5.74) is 2.41. The van der Waals surface area contributed by atoms with Crippen LogP contribution < -0.4 is 0 Å². The molecule has 20 heavy (non-hydrogen) atoms.